The molecule has 4 nitrogen and oxygen atoms in total. The van der Waals surface area contributed by atoms with Gasteiger partial charge in [-0.05, 0) is 37.6 Å². The molecule has 0 aromatic heterocycles. The number of rotatable bonds is 3. The lowest BCUT2D eigenvalue weighted by molar-refractivity contribution is -0.117. The lowest BCUT2D eigenvalue weighted by Crippen LogP contribution is -2.45. The number of anilines is 1. The number of nitrogens with zero attached hydrogens (tertiary/aromatic N) is 1. The van der Waals surface area contributed by atoms with Gasteiger partial charge in [0.25, 0.3) is 0 Å². The van der Waals surface area contributed by atoms with E-state index in [4.69, 9.17) is 17.3 Å². The van der Waals surface area contributed by atoms with E-state index in [0.717, 1.165) is 25.9 Å². The highest BCUT2D eigenvalue weighted by molar-refractivity contribution is 6.33. The highest BCUT2D eigenvalue weighted by Crippen LogP contribution is 2.22. The van der Waals surface area contributed by atoms with Crippen molar-refractivity contribution in [2.75, 3.05) is 25.0 Å². The van der Waals surface area contributed by atoms with Gasteiger partial charge in [0.1, 0.15) is 5.82 Å². The molecule has 1 fully saturated rings. The molecular weight excluding hydrogens is 304 g/mol. The number of halogens is 3. The molecule has 0 spiro atoms. The highest BCUT2D eigenvalue weighted by atomic mass is 35.5. The largest absolute Gasteiger partial charge is 0.327 e. The summed E-state index contributed by atoms with van der Waals surface area (Å²) >= 11 is 5.85. The van der Waals surface area contributed by atoms with Gasteiger partial charge in [0.2, 0.25) is 5.91 Å². The van der Waals surface area contributed by atoms with E-state index in [2.05, 4.69) is 5.32 Å². The van der Waals surface area contributed by atoms with E-state index in [1.54, 1.807) is 0 Å². The Morgan fingerprint density at radius 3 is 2.95 bits per heavy atom. The van der Waals surface area contributed by atoms with Crippen LogP contribution in [-0.4, -0.2) is 36.5 Å². The van der Waals surface area contributed by atoms with E-state index in [1.807, 2.05) is 4.90 Å². The number of piperidine rings is 1. The smallest absolute Gasteiger partial charge is 0.238 e. The quantitative estimate of drug-likeness (QED) is 0.897. The van der Waals surface area contributed by atoms with Crippen LogP contribution in [0.1, 0.15) is 12.8 Å². The van der Waals surface area contributed by atoms with Crippen LogP contribution >= 0.6 is 24.0 Å². The summed E-state index contributed by atoms with van der Waals surface area (Å²) in [5.74, 6) is -0.590. The molecular formula is C13H18Cl2FN3O. The maximum absolute atomic E-state index is 12.9. The Kier molecular flexibility index (Phi) is 6.68. The molecule has 0 bridgehead atoms. The highest BCUT2D eigenvalue weighted by Gasteiger charge is 2.19. The third-order valence-corrected chi connectivity index (χ3v) is 3.43. The second kappa shape index (κ2) is 7.78. The molecule has 1 atom stereocenters. The SMILES string of the molecule is Cl.N[C@@H]1CCCN(CC(=O)Nc2ccc(F)cc2Cl)C1. The summed E-state index contributed by atoms with van der Waals surface area (Å²) in [5, 5.41) is 2.88. The Morgan fingerprint density at radius 2 is 2.30 bits per heavy atom. The van der Waals surface area contributed by atoms with Gasteiger partial charge in [0, 0.05) is 12.6 Å². The number of nitrogens with two attached hydrogens (primary N) is 1. The van der Waals surface area contributed by atoms with Crippen molar-refractivity contribution in [3.8, 4) is 0 Å². The van der Waals surface area contributed by atoms with Gasteiger partial charge < -0.3 is 11.1 Å². The molecule has 2 rings (SSSR count). The maximum Gasteiger partial charge on any atom is 0.238 e. The Labute approximate surface area is 128 Å². The second-order valence-electron chi connectivity index (χ2n) is 4.81. The van der Waals surface area contributed by atoms with Crippen LogP contribution in [0.4, 0.5) is 10.1 Å². The first-order valence-corrected chi connectivity index (χ1v) is 6.65. The summed E-state index contributed by atoms with van der Waals surface area (Å²) in [7, 11) is 0. The molecule has 7 heteroatoms. The molecule has 1 heterocycles. The van der Waals surface area contributed by atoms with Gasteiger partial charge in [0.15, 0.2) is 0 Å². The van der Waals surface area contributed by atoms with Crippen molar-refractivity contribution in [2.45, 2.75) is 18.9 Å². The zero-order chi connectivity index (χ0) is 13.8. The molecule has 20 heavy (non-hydrogen) atoms. The number of amides is 1. The van der Waals surface area contributed by atoms with Crippen molar-refractivity contribution in [1.29, 1.82) is 0 Å². The summed E-state index contributed by atoms with van der Waals surface area (Å²) in [6.07, 6.45) is 2.01. The minimum absolute atomic E-state index is 0. The molecule has 112 valence electrons. The predicted molar refractivity (Wildman–Crippen MR) is 80.9 cm³/mol. The molecule has 0 aliphatic carbocycles. The fourth-order valence-electron chi connectivity index (χ4n) is 2.22. The van der Waals surface area contributed by atoms with E-state index in [-0.39, 0.29) is 35.9 Å². The summed E-state index contributed by atoms with van der Waals surface area (Å²) in [6.45, 7) is 1.88. The third-order valence-electron chi connectivity index (χ3n) is 3.11. The number of hydrogen-bond acceptors (Lipinski definition) is 3. The molecule has 1 aromatic carbocycles. The van der Waals surface area contributed by atoms with Gasteiger partial charge in [-0.25, -0.2) is 4.39 Å². The molecule has 1 saturated heterocycles. The normalized spacial score (nSPS) is 19.2. The number of benzene rings is 1. The van der Waals surface area contributed by atoms with Crippen LogP contribution in [0.15, 0.2) is 18.2 Å². The second-order valence-corrected chi connectivity index (χ2v) is 5.22. The van der Waals surface area contributed by atoms with Crippen LogP contribution < -0.4 is 11.1 Å². The number of nitrogens with one attached hydrogen (secondary N) is 1. The first-order chi connectivity index (χ1) is 9.04. The van der Waals surface area contributed by atoms with Gasteiger partial charge in [-0.1, -0.05) is 11.6 Å². The van der Waals surface area contributed by atoms with Crippen LogP contribution in [0.2, 0.25) is 5.02 Å². The zero-order valence-electron chi connectivity index (χ0n) is 10.9. The first-order valence-electron chi connectivity index (χ1n) is 6.27. The average Bonchev–Trinajstić information content (AvgIpc) is 2.33. The average molecular weight is 322 g/mol. The van der Waals surface area contributed by atoms with Crippen molar-refractivity contribution < 1.29 is 9.18 Å². The standard InChI is InChI=1S/C13H17ClFN3O.ClH/c14-11-6-9(15)3-4-12(11)17-13(19)8-18-5-1-2-10(16)7-18;/h3-4,6,10H,1-2,5,7-8,16H2,(H,17,19);1H/t10-;/m1./s1. The van der Waals surface area contributed by atoms with Crippen LogP contribution in [0.3, 0.4) is 0 Å². The zero-order valence-corrected chi connectivity index (χ0v) is 12.5. The predicted octanol–water partition coefficient (Wildman–Crippen LogP) is 2.26. The Bertz CT molecular complexity index is 473. The van der Waals surface area contributed by atoms with Crippen LogP contribution in [0.5, 0.6) is 0 Å². The number of hydrogen-bond donors (Lipinski definition) is 2. The van der Waals surface area contributed by atoms with Gasteiger partial charge in [0.05, 0.1) is 17.3 Å². The van der Waals surface area contributed by atoms with Crippen molar-refractivity contribution in [1.82, 2.24) is 4.90 Å². The van der Waals surface area contributed by atoms with Crippen LogP contribution in [-0.2, 0) is 4.79 Å². The summed E-state index contributed by atoms with van der Waals surface area (Å²) in [5.41, 5.74) is 6.28. The van der Waals surface area contributed by atoms with E-state index >= 15 is 0 Å². The van der Waals surface area contributed by atoms with E-state index in [1.165, 1.54) is 18.2 Å². The molecule has 1 aliphatic heterocycles. The molecule has 1 amide bonds. The Hall–Kier alpha value is -0.880. The summed E-state index contributed by atoms with van der Waals surface area (Å²) in [4.78, 5) is 13.9. The van der Waals surface area contributed by atoms with Crippen LogP contribution in [0, 0.1) is 5.82 Å². The van der Waals surface area contributed by atoms with Gasteiger partial charge >= 0.3 is 0 Å². The maximum atomic E-state index is 12.9. The lowest BCUT2D eigenvalue weighted by Gasteiger charge is -2.29. The summed E-state index contributed by atoms with van der Waals surface area (Å²) < 4.78 is 12.9. The number of carbonyl (C=O) groups is 1. The Balaban J connectivity index is 0.00000200. The molecule has 1 aliphatic rings. The topological polar surface area (TPSA) is 58.4 Å². The van der Waals surface area contributed by atoms with Crippen molar-refractivity contribution in [2.24, 2.45) is 5.73 Å². The van der Waals surface area contributed by atoms with Crippen molar-refractivity contribution in [3.05, 3.63) is 29.0 Å². The minimum atomic E-state index is -0.426. The van der Waals surface area contributed by atoms with Crippen molar-refractivity contribution >= 4 is 35.6 Å². The van der Waals surface area contributed by atoms with Gasteiger partial charge in [-0.15, -0.1) is 12.4 Å². The van der Waals surface area contributed by atoms with Gasteiger partial charge in [-0.2, -0.15) is 0 Å². The number of likely N-dealkylation sites (tertiary alicyclic amines) is 1. The molecule has 3 N–H and O–H groups in total. The minimum Gasteiger partial charge on any atom is -0.327 e. The van der Waals surface area contributed by atoms with E-state index in [9.17, 15) is 9.18 Å². The monoisotopic (exact) mass is 321 g/mol. The lowest BCUT2D eigenvalue weighted by atomic mass is 10.1. The van der Waals surface area contributed by atoms with Crippen molar-refractivity contribution in [3.63, 3.8) is 0 Å². The molecule has 0 radical (unpaired) electrons. The van der Waals surface area contributed by atoms with Crippen LogP contribution in [0.25, 0.3) is 0 Å². The first kappa shape index (κ1) is 17.2. The molecule has 0 unspecified atom stereocenters. The van der Waals surface area contributed by atoms with Gasteiger partial charge in [-0.3, -0.25) is 9.69 Å². The Morgan fingerprint density at radius 1 is 1.55 bits per heavy atom. The molecule has 1 aromatic rings. The van der Waals surface area contributed by atoms with E-state index < -0.39 is 5.82 Å². The number of carbonyl (C=O) groups excluding carboxylic acids is 1. The fourth-order valence-corrected chi connectivity index (χ4v) is 2.43. The van der Waals surface area contributed by atoms with E-state index in [0.29, 0.717) is 5.69 Å². The summed E-state index contributed by atoms with van der Waals surface area (Å²) in [6, 6.07) is 4.03. The molecule has 0 saturated carbocycles. The fraction of sp³-hybridized carbons (Fsp3) is 0.462. The third kappa shape index (κ3) is 4.90.